The summed E-state index contributed by atoms with van der Waals surface area (Å²) in [4.78, 5) is 1.97. The molecule has 0 atom stereocenters. The van der Waals surface area contributed by atoms with Gasteiger partial charge in [-0.1, -0.05) is 13.8 Å². The molecule has 0 bridgehead atoms. The molecule has 0 saturated heterocycles. The summed E-state index contributed by atoms with van der Waals surface area (Å²) in [5.74, 6) is 0.707. The van der Waals surface area contributed by atoms with Crippen LogP contribution in [0.3, 0.4) is 0 Å². The van der Waals surface area contributed by atoms with E-state index in [1.54, 1.807) is 11.3 Å². The first-order chi connectivity index (χ1) is 8.22. The van der Waals surface area contributed by atoms with Crippen LogP contribution in [0.5, 0.6) is 0 Å². The van der Waals surface area contributed by atoms with Gasteiger partial charge in [0.2, 0.25) is 0 Å². The Balaban J connectivity index is 1.99. The van der Waals surface area contributed by atoms with E-state index in [0.29, 0.717) is 5.92 Å². The summed E-state index contributed by atoms with van der Waals surface area (Å²) >= 11 is 1.54. The van der Waals surface area contributed by atoms with Crippen LogP contribution in [0.2, 0.25) is 0 Å². The standard InChI is InChI=1S/C13H20N2OS/c1-11(2)5-7-16-8-6-15-10-13-4-3-12(9-14)17-13/h3-4,11,15H,5-8,10H2,1-2H3. The zero-order valence-corrected chi connectivity index (χ0v) is 11.3. The van der Waals surface area contributed by atoms with Crippen LogP contribution in [0.15, 0.2) is 12.1 Å². The first kappa shape index (κ1) is 14.2. The van der Waals surface area contributed by atoms with E-state index in [4.69, 9.17) is 10.00 Å². The highest BCUT2D eigenvalue weighted by molar-refractivity contribution is 7.12. The summed E-state index contributed by atoms with van der Waals surface area (Å²) in [6, 6.07) is 6.00. The summed E-state index contributed by atoms with van der Waals surface area (Å²) in [6.07, 6.45) is 1.12. The predicted octanol–water partition coefficient (Wildman–Crippen LogP) is 2.77. The first-order valence-corrected chi connectivity index (χ1v) is 6.81. The molecule has 0 spiro atoms. The number of hydrogen-bond acceptors (Lipinski definition) is 4. The lowest BCUT2D eigenvalue weighted by atomic mass is 10.1. The van der Waals surface area contributed by atoms with Crippen LogP contribution in [-0.4, -0.2) is 19.8 Å². The van der Waals surface area contributed by atoms with E-state index in [-0.39, 0.29) is 0 Å². The van der Waals surface area contributed by atoms with Crippen molar-refractivity contribution in [2.24, 2.45) is 5.92 Å². The Morgan fingerprint density at radius 1 is 1.41 bits per heavy atom. The van der Waals surface area contributed by atoms with Crippen molar-refractivity contribution in [3.8, 4) is 6.07 Å². The third kappa shape index (κ3) is 6.42. The van der Waals surface area contributed by atoms with Gasteiger partial charge in [-0.15, -0.1) is 11.3 Å². The number of hydrogen-bond donors (Lipinski definition) is 1. The lowest BCUT2D eigenvalue weighted by Gasteiger charge is -2.06. The molecule has 1 aromatic rings. The van der Waals surface area contributed by atoms with Gasteiger partial charge in [-0.3, -0.25) is 0 Å². The van der Waals surface area contributed by atoms with Gasteiger partial charge in [-0.05, 0) is 24.5 Å². The topological polar surface area (TPSA) is 45.0 Å². The van der Waals surface area contributed by atoms with Crippen LogP contribution >= 0.6 is 11.3 Å². The fourth-order valence-electron chi connectivity index (χ4n) is 1.31. The Morgan fingerprint density at radius 2 is 2.24 bits per heavy atom. The van der Waals surface area contributed by atoms with E-state index in [2.05, 4.69) is 25.2 Å². The predicted molar refractivity (Wildman–Crippen MR) is 71.0 cm³/mol. The van der Waals surface area contributed by atoms with Crippen molar-refractivity contribution in [2.75, 3.05) is 19.8 Å². The second kappa shape index (κ2) is 8.24. The molecule has 17 heavy (non-hydrogen) atoms. The van der Waals surface area contributed by atoms with Crippen molar-refractivity contribution in [1.29, 1.82) is 5.26 Å². The zero-order valence-electron chi connectivity index (χ0n) is 10.5. The molecule has 0 saturated carbocycles. The summed E-state index contributed by atoms with van der Waals surface area (Å²) in [7, 11) is 0. The van der Waals surface area contributed by atoms with E-state index >= 15 is 0 Å². The smallest absolute Gasteiger partial charge is 0.110 e. The van der Waals surface area contributed by atoms with Crippen LogP contribution in [0.25, 0.3) is 0 Å². The van der Waals surface area contributed by atoms with Gasteiger partial charge >= 0.3 is 0 Å². The number of thiophene rings is 1. The average molecular weight is 252 g/mol. The van der Waals surface area contributed by atoms with Gasteiger partial charge in [-0.25, -0.2) is 0 Å². The maximum absolute atomic E-state index is 8.68. The summed E-state index contributed by atoms with van der Waals surface area (Å²) in [5, 5.41) is 12.0. The van der Waals surface area contributed by atoms with Gasteiger partial charge in [0, 0.05) is 24.6 Å². The van der Waals surface area contributed by atoms with E-state index < -0.39 is 0 Å². The lowest BCUT2D eigenvalue weighted by Crippen LogP contribution is -2.19. The maximum Gasteiger partial charge on any atom is 0.110 e. The molecule has 0 radical (unpaired) electrons. The lowest BCUT2D eigenvalue weighted by molar-refractivity contribution is 0.125. The molecular weight excluding hydrogens is 232 g/mol. The largest absolute Gasteiger partial charge is 0.380 e. The second-order valence-corrected chi connectivity index (χ2v) is 5.52. The van der Waals surface area contributed by atoms with Crippen molar-refractivity contribution in [3.05, 3.63) is 21.9 Å². The van der Waals surface area contributed by atoms with Crippen LogP contribution in [0, 0.1) is 17.2 Å². The molecule has 3 nitrogen and oxygen atoms in total. The number of nitrogens with one attached hydrogen (secondary N) is 1. The fourth-order valence-corrected chi connectivity index (χ4v) is 2.08. The summed E-state index contributed by atoms with van der Waals surface area (Å²) < 4.78 is 5.50. The van der Waals surface area contributed by atoms with Crippen molar-refractivity contribution in [3.63, 3.8) is 0 Å². The zero-order chi connectivity index (χ0) is 12.5. The SMILES string of the molecule is CC(C)CCOCCNCc1ccc(C#N)s1. The van der Waals surface area contributed by atoms with Gasteiger partial charge in [0.1, 0.15) is 10.9 Å². The monoisotopic (exact) mass is 252 g/mol. The third-order valence-electron chi connectivity index (χ3n) is 2.33. The molecule has 0 amide bonds. The molecule has 0 aromatic carbocycles. The molecule has 1 rings (SSSR count). The minimum absolute atomic E-state index is 0.707. The minimum Gasteiger partial charge on any atom is -0.380 e. The van der Waals surface area contributed by atoms with Crippen molar-refractivity contribution in [2.45, 2.75) is 26.8 Å². The van der Waals surface area contributed by atoms with Gasteiger partial charge in [0.25, 0.3) is 0 Å². The Morgan fingerprint density at radius 3 is 2.88 bits per heavy atom. The molecule has 0 fully saturated rings. The molecule has 0 unspecified atom stereocenters. The quantitative estimate of drug-likeness (QED) is 0.724. The van der Waals surface area contributed by atoms with Crippen molar-refractivity contribution < 1.29 is 4.74 Å². The minimum atomic E-state index is 0.707. The molecule has 0 aliphatic carbocycles. The number of rotatable bonds is 8. The molecule has 1 heterocycles. The van der Waals surface area contributed by atoms with Crippen LogP contribution < -0.4 is 5.32 Å². The summed E-state index contributed by atoms with van der Waals surface area (Å²) in [5.41, 5.74) is 0. The Labute approximate surface area is 107 Å². The first-order valence-electron chi connectivity index (χ1n) is 5.99. The molecule has 1 N–H and O–H groups in total. The second-order valence-electron chi connectivity index (χ2n) is 4.35. The van der Waals surface area contributed by atoms with Crippen LogP contribution in [0.1, 0.15) is 30.0 Å². The molecule has 1 aromatic heterocycles. The van der Waals surface area contributed by atoms with Gasteiger partial charge in [-0.2, -0.15) is 5.26 Å². The van der Waals surface area contributed by atoms with Gasteiger partial charge in [0.05, 0.1) is 6.61 Å². The molecule has 0 aliphatic heterocycles. The Bertz CT molecular complexity index is 355. The normalized spacial score (nSPS) is 10.7. The van der Waals surface area contributed by atoms with Crippen molar-refractivity contribution >= 4 is 11.3 Å². The molecule has 94 valence electrons. The van der Waals surface area contributed by atoms with E-state index in [0.717, 1.165) is 37.6 Å². The van der Waals surface area contributed by atoms with Gasteiger partial charge in [0.15, 0.2) is 0 Å². The highest BCUT2D eigenvalue weighted by atomic mass is 32.1. The number of nitriles is 1. The van der Waals surface area contributed by atoms with E-state index in [1.165, 1.54) is 4.88 Å². The van der Waals surface area contributed by atoms with Crippen molar-refractivity contribution in [1.82, 2.24) is 5.32 Å². The summed E-state index contributed by atoms with van der Waals surface area (Å²) in [6.45, 7) is 7.67. The average Bonchev–Trinajstić information content (AvgIpc) is 2.75. The fraction of sp³-hybridized carbons (Fsp3) is 0.615. The van der Waals surface area contributed by atoms with Gasteiger partial charge < -0.3 is 10.1 Å². The van der Waals surface area contributed by atoms with E-state index in [9.17, 15) is 0 Å². The maximum atomic E-state index is 8.68. The number of ether oxygens (including phenoxy) is 1. The highest BCUT2D eigenvalue weighted by Gasteiger charge is 1.98. The van der Waals surface area contributed by atoms with E-state index in [1.807, 2.05) is 12.1 Å². The highest BCUT2D eigenvalue weighted by Crippen LogP contribution is 2.14. The van der Waals surface area contributed by atoms with Crippen LogP contribution in [-0.2, 0) is 11.3 Å². The molecular formula is C13H20N2OS. The number of nitrogens with zero attached hydrogens (tertiary/aromatic N) is 1. The third-order valence-corrected chi connectivity index (χ3v) is 3.32. The Hall–Kier alpha value is -0.890. The molecule has 0 aliphatic rings. The Kier molecular flexibility index (Phi) is 6.87. The van der Waals surface area contributed by atoms with Crippen LogP contribution in [0.4, 0.5) is 0 Å². The molecule has 4 heteroatoms.